The van der Waals surface area contributed by atoms with Crippen LogP contribution in [0.3, 0.4) is 0 Å². The van der Waals surface area contributed by atoms with Crippen LogP contribution in [-0.4, -0.2) is 10.2 Å². The van der Waals surface area contributed by atoms with Gasteiger partial charge in [0.2, 0.25) is 5.13 Å². The van der Waals surface area contributed by atoms with Crippen LogP contribution in [0.25, 0.3) is 0 Å². The molecule has 0 fully saturated rings. The molecule has 0 unspecified atom stereocenters. The third kappa shape index (κ3) is 2.32. The summed E-state index contributed by atoms with van der Waals surface area (Å²) >= 11 is 4.60. The zero-order valence-electron chi connectivity index (χ0n) is 7.44. The monoisotopic (exact) mass is 280 g/mol. The van der Waals surface area contributed by atoms with Crippen molar-refractivity contribution in [3.63, 3.8) is 0 Å². The molecule has 0 bridgehead atoms. The van der Waals surface area contributed by atoms with Crippen LogP contribution in [0.5, 0.6) is 0 Å². The van der Waals surface area contributed by atoms with Crippen LogP contribution in [0.15, 0.2) is 28.2 Å². The lowest BCUT2D eigenvalue weighted by Crippen LogP contribution is -1.92. The molecule has 0 amide bonds. The number of hydrogen-bond acceptors (Lipinski definition) is 5. The second-order valence-corrected chi connectivity index (χ2v) is 4.90. The fraction of sp³-hybridized carbons (Fsp3) is 0. The topological polar surface area (TPSA) is 61.6 Å². The Hall–Kier alpha value is -1.45. The molecule has 1 heterocycles. The Kier molecular flexibility index (Phi) is 2.94. The number of aromatic nitrogens is 2. The molecule has 4 nitrogen and oxygen atoms in total. The fourth-order valence-electron chi connectivity index (χ4n) is 1.06. The van der Waals surface area contributed by atoms with E-state index in [-0.39, 0.29) is 0 Å². The normalized spacial score (nSPS) is 9.60. The van der Waals surface area contributed by atoms with Crippen molar-refractivity contribution in [2.24, 2.45) is 0 Å². The van der Waals surface area contributed by atoms with Crippen molar-refractivity contribution in [1.82, 2.24) is 10.2 Å². The molecule has 0 aliphatic rings. The Morgan fingerprint density at radius 2 is 2.13 bits per heavy atom. The van der Waals surface area contributed by atoms with Gasteiger partial charge in [-0.1, -0.05) is 23.5 Å². The highest BCUT2D eigenvalue weighted by Gasteiger charge is 2.04. The van der Waals surface area contributed by atoms with Crippen LogP contribution >= 0.6 is 27.3 Å². The van der Waals surface area contributed by atoms with E-state index in [9.17, 15) is 0 Å². The molecule has 0 saturated carbocycles. The third-order valence-corrected chi connectivity index (χ3v) is 2.96. The summed E-state index contributed by atoms with van der Waals surface area (Å²) in [4.78, 5) is 0. The van der Waals surface area contributed by atoms with Crippen molar-refractivity contribution in [3.05, 3.63) is 33.7 Å². The largest absolute Gasteiger partial charge is 0.329 e. The lowest BCUT2D eigenvalue weighted by Gasteiger charge is -2.02. The molecule has 0 saturated heterocycles. The Balaban J connectivity index is 2.28. The first kappa shape index (κ1) is 10.1. The van der Waals surface area contributed by atoms with Crippen LogP contribution in [-0.2, 0) is 0 Å². The summed E-state index contributed by atoms with van der Waals surface area (Å²) < 4.78 is 0.708. The Bertz CT molecular complexity index is 517. The van der Waals surface area contributed by atoms with Crippen LogP contribution in [0, 0.1) is 11.3 Å². The molecule has 2 aromatic rings. The third-order valence-electron chi connectivity index (χ3n) is 1.69. The number of nitrogens with zero attached hydrogens (tertiary/aromatic N) is 3. The van der Waals surface area contributed by atoms with Gasteiger partial charge in [-0.25, -0.2) is 0 Å². The van der Waals surface area contributed by atoms with Gasteiger partial charge >= 0.3 is 0 Å². The molecule has 1 aromatic carbocycles. The van der Waals surface area contributed by atoms with Gasteiger partial charge in [0.05, 0.1) is 11.3 Å². The predicted octanol–water partition coefficient (Wildman–Crippen LogP) is 2.92. The lowest BCUT2D eigenvalue weighted by molar-refractivity contribution is 1.07. The Morgan fingerprint density at radius 3 is 2.80 bits per heavy atom. The second-order valence-electron chi connectivity index (χ2n) is 2.64. The zero-order valence-corrected chi connectivity index (χ0v) is 9.84. The lowest BCUT2D eigenvalue weighted by atomic mass is 10.2. The number of nitrogens with one attached hydrogen (secondary N) is 1. The Labute approximate surface area is 98.7 Å². The smallest absolute Gasteiger partial charge is 0.210 e. The molecule has 0 aliphatic carbocycles. The first-order valence-corrected chi connectivity index (χ1v) is 5.65. The molecule has 0 aliphatic heterocycles. The van der Waals surface area contributed by atoms with Gasteiger partial charge in [-0.15, -0.1) is 10.2 Å². The number of para-hydroxylation sites is 1. The van der Waals surface area contributed by atoms with Crippen molar-refractivity contribution in [2.75, 3.05) is 5.32 Å². The average Bonchev–Trinajstić information content (AvgIpc) is 2.65. The predicted molar refractivity (Wildman–Crippen MR) is 62.0 cm³/mol. The summed E-state index contributed by atoms with van der Waals surface area (Å²) in [5, 5.41) is 20.3. The number of anilines is 2. The number of rotatable bonds is 2. The summed E-state index contributed by atoms with van der Waals surface area (Å²) in [6.45, 7) is 0. The van der Waals surface area contributed by atoms with E-state index in [1.807, 2.05) is 18.2 Å². The average molecular weight is 281 g/mol. The SMILES string of the molecule is N#Cc1ccccc1Nc1nnc(Br)s1. The van der Waals surface area contributed by atoms with Gasteiger partial charge in [0.25, 0.3) is 0 Å². The first-order chi connectivity index (χ1) is 7.29. The summed E-state index contributed by atoms with van der Waals surface area (Å²) in [7, 11) is 0. The second kappa shape index (κ2) is 4.38. The number of benzene rings is 1. The molecule has 74 valence electrons. The quantitative estimate of drug-likeness (QED) is 0.919. The molecule has 1 N–H and O–H groups in total. The molecule has 0 atom stereocenters. The molecule has 0 radical (unpaired) electrons. The zero-order chi connectivity index (χ0) is 10.7. The van der Waals surface area contributed by atoms with Crippen LogP contribution in [0.1, 0.15) is 5.56 Å². The van der Waals surface area contributed by atoms with Crippen molar-refractivity contribution in [3.8, 4) is 6.07 Å². The maximum Gasteiger partial charge on any atom is 0.210 e. The fourth-order valence-corrected chi connectivity index (χ4v) is 2.08. The maximum atomic E-state index is 8.87. The molecule has 2 rings (SSSR count). The molecule has 6 heteroatoms. The summed E-state index contributed by atoms with van der Waals surface area (Å²) in [6, 6.07) is 9.36. The molecule has 0 spiro atoms. The molecular weight excluding hydrogens is 276 g/mol. The van der Waals surface area contributed by atoms with Crippen molar-refractivity contribution >= 4 is 38.1 Å². The summed E-state index contributed by atoms with van der Waals surface area (Å²) in [6.07, 6.45) is 0. The van der Waals surface area contributed by atoms with Crippen molar-refractivity contribution < 1.29 is 0 Å². The maximum absolute atomic E-state index is 8.87. The van der Waals surface area contributed by atoms with Gasteiger partial charge in [0.1, 0.15) is 6.07 Å². The van der Waals surface area contributed by atoms with Crippen LogP contribution < -0.4 is 5.32 Å². The van der Waals surface area contributed by atoms with Gasteiger partial charge < -0.3 is 5.32 Å². The molecule has 15 heavy (non-hydrogen) atoms. The highest BCUT2D eigenvalue weighted by molar-refractivity contribution is 9.11. The van der Waals surface area contributed by atoms with Crippen LogP contribution in [0.2, 0.25) is 0 Å². The van der Waals surface area contributed by atoms with Gasteiger partial charge in [-0.3, -0.25) is 0 Å². The van der Waals surface area contributed by atoms with Crippen LogP contribution in [0.4, 0.5) is 10.8 Å². The highest BCUT2D eigenvalue weighted by atomic mass is 79.9. The van der Waals surface area contributed by atoms with Crippen molar-refractivity contribution in [1.29, 1.82) is 5.26 Å². The van der Waals surface area contributed by atoms with Gasteiger partial charge in [-0.2, -0.15) is 5.26 Å². The summed E-state index contributed by atoms with van der Waals surface area (Å²) in [5.74, 6) is 0. The van der Waals surface area contributed by atoms with Gasteiger partial charge in [0.15, 0.2) is 3.92 Å². The number of halogens is 1. The minimum Gasteiger partial charge on any atom is -0.329 e. The van der Waals surface area contributed by atoms with E-state index in [2.05, 4.69) is 37.5 Å². The van der Waals surface area contributed by atoms with E-state index in [1.54, 1.807) is 6.07 Å². The van der Waals surface area contributed by atoms with Gasteiger partial charge in [0, 0.05) is 0 Å². The minimum atomic E-state index is 0.587. The number of hydrogen-bond donors (Lipinski definition) is 1. The first-order valence-electron chi connectivity index (χ1n) is 4.05. The van der Waals surface area contributed by atoms with E-state index in [1.165, 1.54) is 11.3 Å². The van der Waals surface area contributed by atoms with Crippen molar-refractivity contribution in [2.45, 2.75) is 0 Å². The minimum absolute atomic E-state index is 0.587. The van der Waals surface area contributed by atoms with E-state index in [0.717, 1.165) is 5.69 Å². The van der Waals surface area contributed by atoms with E-state index in [4.69, 9.17) is 5.26 Å². The Morgan fingerprint density at radius 1 is 1.33 bits per heavy atom. The van der Waals surface area contributed by atoms with Gasteiger partial charge in [-0.05, 0) is 28.1 Å². The van der Waals surface area contributed by atoms with E-state index < -0.39 is 0 Å². The van der Waals surface area contributed by atoms with E-state index >= 15 is 0 Å². The standard InChI is InChI=1S/C9H5BrN4S/c10-8-13-14-9(15-8)12-7-4-2-1-3-6(7)5-11/h1-4H,(H,12,14). The summed E-state index contributed by atoms with van der Waals surface area (Å²) in [5.41, 5.74) is 1.33. The highest BCUT2D eigenvalue weighted by Crippen LogP contribution is 2.25. The number of nitriles is 1. The van der Waals surface area contributed by atoms with E-state index in [0.29, 0.717) is 14.6 Å². The molecular formula is C9H5BrN4S. The molecule has 1 aromatic heterocycles.